The zero-order chi connectivity index (χ0) is 76.0. The van der Waals surface area contributed by atoms with Crippen LogP contribution in [-0.4, -0.2) is 96.7 Å². The number of hydrogen-bond acceptors (Lipinski definition) is 15. The third-order valence-corrected chi connectivity index (χ3v) is 18.2. The predicted molar refractivity (Wildman–Crippen MR) is 427 cm³/mol. The molecule has 0 radical (unpaired) electrons. The van der Waals surface area contributed by atoms with Gasteiger partial charge in [0, 0.05) is 25.7 Å². The minimum atomic E-state index is -5.01. The average molecular weight is 1500 g/mol. The van der Waals surface area contributed by atoms with Crippen LogP contribution >= 0.6 is 15.6 Å². The molecule has 0 aromatic heterocycles. The monoisotopic (exact) mass is 1500 g/mol. The predicted octanol–water partition coefficient (Wildman–Crippen LogP) is 23.4. The summed E-state index contributed by atoms with van der Waals surface area (Å²) in [6.07, 6.45) is 87.0. The van der Waals surface area contributed by atoms with Crippen LogP contribution in [-0.2, 0) is 65.4 Å². The van der Waals surface area contributed by atoms with Gasteiger partial charge >= 0.3 is 39.5 Å². The Balaban J connectivity index is 5.48. The number of allylic oxidation sites excluding steroid dienone is 24. The number of carbonyl (C=O) groups is 4. The SMILES string of the molecule is CC/C=C\C/C=C\C/C=C\C/C=C\C/C=C\CCCCCC(=O)O[C@H](COC(=O)CC/C=C\C/C=C\C/C=C\C/C=C\C/C=C\CCCCC)COP(=O)(O)OC[C@@H](O)COP(=O)(O)OC[C@@H](COC(=O)CCCCCCC/C=C\CCCCCC)OC(=O)CCCCCCC/C=C\CCCCCC. The van der Waals surface area contributed by atoms with E-state index in [1.807, 2.05) is 18.2 Å². The van der Waals surface area contributed by atoms with E-state index in [0.29, 0.717) is 32.1 Å². The maximum Gasteiger partial charge on any atom is 0.472 e. The number of aliphatic hydroxyl groups is 1. The van der Waals surface area contributed by atoms with Crippen molar-refractivity contribution in [2.24, 2.45) is 0 Å². The number of esters is 4. The van der Waals surface area contributed by atoms with E-state index >= 15 is 0 Å². The molecule has 0 spiro atoms. The summed E-state index contributed by atoms with van der Waals surface area (Å²) in [7, 11) is -10.00. The highest BCUT2D eigenvalue weighted by Crippen LogP contribution is 2.45. The summed E-state index contributed by atoms with van der Waals surface area (Å²) in [5, 5.41) is 10.6. The molecule has 0 aliphatic carbocycles. The molecule has 17 nitrogen and oxygen atoms in total. The second-order valence-corrected chi connectivity index (χ2v) is 29.2. The number of rotatable bonds is 74. The van der Waals surface area contributed by atoms with E-state index in [1.54, 1.807) is 0 Å². The molecule has 0 bridgehead atoms. The van der Waals surface area contributed by atoms with Gasteiger partial charge in [0.1, 0.15) is 19.3 Å². The number of phosphoric acid groups is 2. The van der Waals surface area contributed by atoms with Gasteiger partial charge in [-0.3, -0.25) is 37.3 Å². The summed E-state index contributed by atoms with van der Waals surface area (Å²) in [5.74, 6) is -2.33. The van der Waals surface area contributed by atoms with Crippen LogP contribution in [0.2, 0.25) is 0 Å². The zero-order valence-corrected chi connectivity index (χ0v) is 66.7. The minimum absolute atomic E-state index is 0.0257. The summed E-state index contributed by atoms with van der Waals surface area (Å²) in [5.41, 5.74) is 0. The number of hydrogen-bond donors (Lipinski definition) is 3. The Kier molecular flexibility index (Phi) is 72.4. The fraction of sp³-hybridized carbons (Fsp3) is 0.671. The van der Waals surface area contributed by atoms with Crippen molar-refractivity contribution in [3.8, 4) is 0 Å². The van der Waals surface area contributed by atoms with Crippen molar-refractivity contribution < 1.29 is 80.2 Å². The van der Waals surface area contributed by atoms with Crippen molar-refractivity contribution in [2.75, 3.05) is 39.6 Å². The molecular weight excluding hydrogens is 1350 g/mol. The molecule has 0 saturated carbocycles. The van der Waals surface area contributed by atoms with E-state index in [-0.39, 0.29) is 25.7 Å². The lowest BCUT2D eigenvalue weighted by Crippen LogP contribution is -2.30. The van der Waals surface area contributed by atoms with Crippen molar-refractivity contribution >= 4 is 39.5 Å². The molecule has 104 heavy (non-hydrogen) atoms. The first-order chi connectivity index (χ1) is 50.7. The highest BCUT2D eigenvalue weighted by atomic mass is 31.2. The first kappa shape index (κ1) is 98.9. The number of phosphoric ester groups is 2. The molecule has 5 atom stereocenters. The number of ether oxygens (including phenoxy) is 4. The smallest absolute Gasteiger partial charge is 0.462 e. The third kappa shape index (κ3) is 75.2. The Bertz CT molecular complexity index is 2540. The minimum Gasteiger partial charge on any atom is -0.462 e. The Morgan fingerprint density at radius 2 is 0.519 bits per heavy atom. The Morgan fingerprint density at radius 3 is 0.865 bits per heavy atom. The van der Waals surface area contributed by atoms with Crippen LogP contribution < -0.4 is 0 Å². The summed E-state index contributed by atoms with van der Waals surface area (Å²) < 4.78 is 68.5. The Hall–Kier alpha value is -5.06. The molecule has 0 amide bonds. The number of aliphatic hydroxyl groups excluding tert-OH is 1. The largest absolute Gasteiger partial charge is 0.472 e. The first-order valence-electron chi connectivity index (χ1n) is 40.1. The molecule has 0 aliphatic rings. The van der Waals surface area contributed by atoms with Gasteiger partial charge in [-0.1, -0.05) is 270 Å². The second-order valence-electron chi connectivity index (χ2n) is 26.3. The van der Waals surface area contributed by atoms with Crippen molar-refractivity contribution in [1.82, 2.24) is 0 Å². The molecule has 0 rings (SSSR count). The first-order valence-corrected chi connectivity index (χ1v) is 43.1. The van der Waals surface area contributed by atoms with E-state index < -0.39 is 97.5 Å². The maximum absolute atomic E-state index is 13.1. The van der Waals surface area contributed by atoms with Crippen molar-refractivity contribution in [2.45, 2.75) is 329 Å². The van der Waals surface area contributed by atoms with E-state index in [2.05, 4.69) is 155 Å². The molecule has 0 heterocycles. The molecule has 0 aromatic carbocycles. The maximum atomic E-state index is 13.1. The van der Waals surface area contributed by atoms with Gasteiger partial charge in [-0.25, -0.2) is 9.13 Å². The molecule has 0 saturated heterocycles. The Labute approximate surface area is 630 Å². The van der Waals surface area contributed by atoms with Crippen LogP contribution in [0.5, 0.6) is 0 Å². The Morgan fingerprint density at radius 1 is 0.279 bits per heavy atom. The normalized spacial score (nSPS) is 14.6. The molecular formula is C85H142O17P2. The van der Waals surface area contributed by atoms with E-state index in [4.69, 9.17) is 37.0 Å². The fourth-order valence-corrected chi connectivity index (χ4v) is 11.7. The van der Waals surface area contributed by atoms with Crippen LogP contribution in [0.15, 0.2) is 146 Å². The highest BCUT2D eigenvalue weighted by Gasteiger charge is 2.30. The molecule has 19 heteroatoms. The topological polar surface area (TPSA) is 237 Å². The van der Waals surface area contributed by atoms with Crippen LogP contribution in [0.3, 0.4) is 0 Å². The third-order valence-electron chi connectivity index (χ3n) is 16.3. The molecule has 0 aliphatic heterocycles. The van der Waals surface area contributed by atoms with Crippen LogP contribution in [0.25, 0.3) is 0 Å². The zero-order valence-electron chi connectivity index (χ0n) is 64.9. The standard InChI is InChI=1S/C85H142O17P2/c1-5-9-13-17-21-25-29-33-35-37-39-41-43-47-50-54-58-62-66-70-83(88)96-76-81(102-85(90)72-68-64-60-56-52-48-44-42-40-38-36-34-30-26-22-18-14-10-6-2)78-100-104(93,94)98-74-79(86)73-97-103(91,92)99-77-80(101-84(89)71-67-63-59-55-51-46-32-28-24-20-16-12-8-4)75-95-82(87)69-65-61-57-53-49-45-31-27-23-19-15-11-7-3/h10,14,21-22,25-28,31-36,39-42,47-48,50,52,58,62,79-81,86H,5-9,11-13,15-20,23-24,29-30,37-38,43-46,49,51,53-57,59-61,63-78H2,1-4H3,(H,91,92)(H,93,94)/b14-10-,25-21-,26-22-,31-27-,32-28-,35-33-,36-34-,41-39-,42-40-,50-47-,52-48-,62-58-/t79-,80+,81+/m0/s1. The number of unbranched alkanes of at least 4 members (excludes halogenated alkanes) is 24. The average Bonchev–Trinajstić information content (AvgIpc) is 0.935. The van der Waals surface area contributed by atoms with Gasteiger partial charge in [-0.05, 0) is 161 Å². The summed E-state index contributed by atoms with van der Waals surface area (Å²) in [4.78, 5) is 73.0. The fourth-order valence-electron chi connectivity index (χ4n) is 10.2. The van der Waals surface area contributed by atoms with E-state index in [9.17, 15) is 43.2 Å². The van der Waals surface area contributed by atoms with Gasteiger partial charge in [0.15, 0.2) is 12.2 Å². The molecule has 0 aromatic rings. The van der Waals surface area contributed by atoms with E-state index in [1.165, 1.54) is 70.6 Å². The van der Waals surface area contributed by atoms with E-state index in [0.717, 1.165) is 154 Å². The van der Waals surface area contributed by atoms with Gasteiger partial charge < -0.3 is 33.8 Å². The molecule has 594 valence electrons. The van der Waals surface area contributed by atoms with Gasteiger partial charge in [0.05, 0.1) is 26.4 Å². The van der Waals surface area contributed by atoms with Gasteiger partial charge in [0.2, 0.25) is 0 Å². The summed E-state index contributed by atoms with van der Waals surface area (Å²) >= 11 is 0. The van der Waals surface area contributed by atoms with Crippen LogP contribution in [0, 0.1) is 0 Å². The van der Waals surface area contributed by atoms with Gasteiger partial charge in [-0.2, -0.15) is 0 Å². The summed E-state index contributed by atoms with van der Waals surface area (Å²) in [6, 6.07) is 0. The lowest BCUT2D eigenvalue weighted by molar-refractivity contribution is -0.161. The van der Waals surface area contributed by atoms with Gasteiger partial charge in [-0.15, -0.1) is 0 Å². The quantitative estimate of drug-likeness (QED) is 0.0169. The van der Waals surface area contributed by atoms with Crippen LogP contribution in [0.1, 0.15) is 310 Å². The van der Waals surface area contributed by atoms with Gasteiger partial charge in [0.25, 0.3) is 0 Å². The van der Waals surface area contributed by atoms with Crippen molar-refractivity contribution in [3.05, 3.63) is 146 Å². The lowest BCUT2D eigenvalue weighted by atomic mass is 10.1. The second kappa shape index (κ2) is 76.1. The van der Waals surface area contributed by atoms with Crippen molar-refractivity contribution in [1.29, 1.82) is 0 Å². The lowest BCUT2D eigenvalue weighted by Gasteiger charge is -2.21. The summed E-state index contributed by atoms with van der Waals surface area (Å²) in [6.45, 7) is 4.56. The number of carbonyl (C=O) groups excluding carboxylic acids is 4. The highest BCUT2D eigenvalue weighted by molar-refractivity contribution is 7.47. The molecule has 2 unspecified atom stereocenters. The molecule has 3 N–H and O–H groups in total. The van der Waals surface area contributed by atoms with Crippen LogP contribution in [0.4, 0.5) is 0 Å². The van der Waals surface area contributed by atoms with Crippen molar-refractivity contribution in [3.63, 3.8) is 0 Å². The molecule has 0 fully saturated rings.